The number of carbonyl (C=O) groups excluding carboxylic acids is 1. The summed E-state index contributed by atoms with van der Waals surface area (Å²) in [6, 6.07) is 29.3. The molecule has 1 N–H and O–H groups in total. The standard InChI is InChI=1S/C30H27BrClNO4/c31-30(32)19-25(18-26(24-14-8-3-9-15-24)28(30)37-21-27(34)35)29(36)33(20-23-12-6-2-7-13-23)17-16-22-10-4-1-5-11-22/h1-15,18-19,28H,16-17,20-21H2,(H,34,35). The maximum absolute atomic E-state index is 14.0. The Labute approximate surface area is 230 Å². The Hall–Kier alpha value is -3.19. The molecule has 4 rings (SSSR count). The summed E-state index contributed by atoms with van der Waals surface area (Å²) in [6.07, 6.45) is 3.24. The number of aliphatic carboxylic acids is 1. The molecule has 5 nitrogen and oxygen atoms in total. The van der Waals surface area contributed by atoms with Gasteiger partial charge in [0.25, 0.3) is 5.91 Å². The zero-order valence-electron chi connectivity index (χ0n) is 20.1. The number of alkyl halides is 2. The summed E-state index contributed by atoms with van der Waals surface area (Å²) in [4.78, 5) is 27.0. The van der Waals surface area contributed by atoms with Crippen LogP contribution in [0.15, 0.2) is 109 Å². The van der Waals surface area contributed by atoms with Crippen molar-refractivity contribution >= 4 is 45.0 Å². The monoisotopic (exact) mass is 579 g/mol. The lowest BCUT2D eigenvalue weighted by Crippen LogP contribution is -2.40. The number of carboxylic acid groups (broad SMARTS) is 1. The van der Waals surface area contributed by atoms with Crippen LogP contribution < -0.4 is 0 Å². The van der Waals surface area contributed by atoms with E-state index in [-0.39, 0.29) is 5.91 Å². The largest absolute Gasteiger partial charge is 0.480 e. The van der Waals surface area contributed by atoms with E-state index in [0.29, 0.717) is 30.7 Å². The van der Waals surface area contributed by atoms with Crippen LogP contribution in [0.25, 0.3) is 5.57 Å². The molecule has 0 spiro atoms. The van der Waals surface area contributed by atoms with Gasteiger partial charge in [0.1, 0.15) is 16.5 Å². The number of nitrogens with zero attached hydrogens (tertiary/aromatic N) is 1. The normalized spacial score (nSPS) is 19.0. The molecule has 1 amide bonds. The maximum Gasteiger partial charge on any atom is 0.329 e. The van der Waals surface area contributed by atoms with Crippen molar-refractivity contribution in [1.29, 1.82) is 0 Å². The Balaban J connectivity index is 1.67. The first kappa shape index (κ1) is 26.9. The third-order valence-corrected chi connectivity index (χ3v) is 6.99. The van der Waals surface area contributed by atoms with Gasteiger partial charge in [0.2, 0.25) is 0 Å². The number of halogens is 2. The van der Waals surface area contributed by atoms with Crippen molar-refractivity contribution in [3.05, 3.63) is 125 Å². The fourth-order valence-electron chi connectivity index (χ4n) is 4.27. The molecular weight excluding hydrogens is 554 g/mol. The molecule has 37 heavy (non-hydrogen) atoms. The lowest BCUT2D eigenvalue weighted by molar-refractivity contribution is -0.143. The quantitative estimate of drug-likeness (QED) is 0.295. The SMILES string of the molecule is O=C(O)COC1C(c2ccccc2)=CC(C(=O)N(CCc2ccccc2)Cc2ccccc2)=CC1(Cl)Br. The van der Waals surface area contributed by atoms with Crippen LogP contribution in [0.3, 0.4) is 0 Å². The van der Waals surface area contributed by atoms with Crippen LogP contribution in [-0.2, 0) is 27.3 Å². The van der Waals surface area contributed by atoms with Crippen LogP contribution in [0.4, 0.5) is 0 Å². The Bertz CT molecular complexity index is 1280. The number of carboxylic acids is 1. The van der Waals surface area contributed by atoms with Gasteiger partial charge in [-0.3, -0.25) is 4.79 Å². The Kier molecular flexibility index (Phi) is 8.98. The first-order valence-electron chi connectivity index (χ1n) is 11.9. The molecule has 0 aromatic heterocycles. The van der Waals surface area contributed by atoms with Gasteiger partial charge in [-0.2, -0.15) is 0 Å². The van der Waals surface area contributed by atoms with Gasteiger partial charge in [-0.1, -0.05) is 119 Å². The molecule has 3 aromatic rings. The van der Waals surface area contributed by atoms with Gasteiger partial charge >= 0.3 is 5.97 Å². The molecule has 2 atom stereocenters. The van der Waals surface area contributed by atoms with Crippen molar-refractivity contribution in [1.82, 2.24) is 4.90 Å². The molecule has 0 aliphatic heterocycles. The summed E-state index contributed by atoms with van der Waals surface area (Å²) < 4.78 is 4.39. The highest BCUT2D eigenvalue weighted by Crippen LogP contribution is 2.43. The van der Waals surface area contributed by atoms with E-state index < -0.39 is 22.5 Å². The van der Waals surface area contributed by atoms with E-state index in [1.807, 2.05) is 95.9 Å². The molecule has 1 aliphatic rings. The highest BCUT2D eigenvalue weighted by molar-refractivity contribution is 9.10. The van der Waals surface area contributed by atoms with Crippen molar-refractivity contribution in [2.24, 2.45) is 0 Å². The van der Waals surface area contributed by atoms with Crippen LogP contribution in [0.2, 0.25) is 0 Å². The maximum atomic E-state index is 14.0. The molecule has 0 radical (unpaired) electrons. The van der Waals surface area contributed by atoms with Crippen molar-refractivity contribution in [3.8, 4) is 0 Å². The molecule has 0 fully saturated rings. The summed E-state index contributed by atoms with van der Waals surface area (Å²) in [5, 5.41) is 9.20. The number of hydrogen-bond donors (Lipinski definition) is 1. The van der Waals surface area contributed by atoms with Crippen molar-refractivity contribution in [2.45, 2.75) is 22.9 Å². The third-order valence-electron chi connectivity index (χ3n) is 6.04. The lowest BCUT2D eigenvalue weighted by atomic mass is 9.90. The second kappa shape index (κ2) is 12.4. The van der Waals surface area contributed by atoms with Crippen LogP contribution in [0.1, 0.15) is 16.7 Å². The molecule has 1 aliphatic carbocycles. The van der Waals surface area contributed by atoms with Crippen molar-refractivity contribution < 1.29 is 19.4 Å². The van der Waals surface area contributed by atoms with Crippen molar-refractivity contribution in [3.63, 3.8) is 0 Å². The first-order chi connectivity index (χ1) is 17.8. The summed E-state index contributed by atoms with van der Waals surface area (Å²) in [5.41, 5.74) is 3.99. The minimum absolute atomic E-state index is 0.172. The van der Waals surface area contributed by atoms with Gasteiger partial charge in [-0.25, -0.2) is 4.79 Å². The average molecular weight is 581 g/mol. The molecule has 7 heteroatoms. The molecule has 2 unspecified atom stereocenters. The van der Waals surface area contributed by atoms with Gasteiger partial charge in [-0.05, 0) is 40.8 Å². The lowest BCUT2D eigenvalue weighted by Gasteiger charge is -2.34. The minimum atomic E-state index is -1.31. The molecule has 0 saturated heterocycles. The Morgan fingerprint density at radius 2 is 1.49 bits per heavy atom. The number of carbonyl (C=O) groups is 2. The van der Waals surface area contributed by atoms with Crippen molar-refractivity contribution in [2.75, 3.05) is 13.2 Å². The summed E-state index contributed by atoms with van der Waals surface area (Å²) in [7, 11) is 0. The summed E-state index contributed by atoms with van der Waals surface area (Å²) >= 11 is 10.4. The second-order valence-electron chi connectivity index (χ2n) is 8.77. The number of rotatable bonds is 10. The molecule has 190 valence electrons. The molecule has 3 aromatic carbocycles. The molecule has 0 saturated carbocycles. The number of benzene rings is 3. The Morgan fingerprint density at radius 3 is 2.08 bits per heavy atom. The van der Waals surface area contributed by atoms with Crippen LogP contribution in [-0.4, -0.2) is 44.9 Å². The van der Waals surface area contributed by atoms with E-state index in [1.165, 1.54) is 0 Å². The zero-order chi connectivity index (χ0) is 26.3. The first-order valence-corrected chi connectivity index (χ1v) is 13.1. The van der Waals surface area contributed by atoms with Gasteiger partial charge in [0.05, 0.1) is 0 Å². The Morgan fingerprint density at radius 1 is 0.919 bits per heavy atom. The van der Waals surface area contributed by atoms with E-state index in [1.54, 1.807) is 12.2 Å². The second-order valence-corrected chi connectivity index (χ2v) is 11.2. The summed E-state index contributed by atoms with van der Waals surface area (Å²) in [5.74, 6) is -1.28. The van der Waals surface area contributed by atoms with Gasteiger partial charge in [0, 0.05) is 18.7 Å². The van der Waals surface area contributed by atoms with Gasteiger partial charge in [0.15, 0.2) is 0 Å². The predicted octanol–water partition coefficient (Wildman–Crippen LogP) is 6.08. The van der Waals surface area contributed by atoms with E-state index >= 15 is 0 Å². The topological polar surface area (TPSA) is 66.8 Å². The average Bonchev–Trinajstić information content (AvgIpc) is 2.90. The fourth-order valence-corrected chi connectivity index (χ4v) is 5.19. The van der Waals surface area contributed by atoms with Gasteiger partial charge < -0.3 is 14.7 Å². The zero-order valence-corrected chi connectivity index (χ0v) is 22.4. The predicted molar refractivity (Wildman–Crippen MR) is 149 cm³/mol. The van der Waals surface area contributed by atoms with E-state index in [0.717, 1.165) is 16.7 Å². The third kappa shape index (κ3) is 7.19. The molecular formula is C30H27BrClNO4. The fraction of sp³-hybridized carbons (Fsp3) is 0.200. The van der Waals surface area contributed by atoms with E-state index in [9.17, 15) is 14.7 Å². The number of amides is 1. The van der Waals surface area contributed by atoms with Crippen LogP contribution in [0, 0.1) is 0 Å². The van der Waals surface area contributed by atoms with Gasteiger partial charge in [-0.15, -0.1) is 0 Å². The molecule has 0 bridgehead atoms. The van der Waals surface area contributed by atoms with E-state index in [2.05, 4.69) is 15.9 Å². The van der Waals surface area contributed by atoms with Crippen LogP contribution >= 0.6 is 27.5 Å². The number of ether oxygens (including phenoxy) is 1. The summed E-state index contributed by atoms with van der Waals surface area (Å²) in [6.45, 7) is 0.429. The highest BCUT2D eigenvalue weighted by atomic mass is 79.9. The number of hydrogen-bond acceptors (Lipinski definition) is 3. The minimum Gasteiger partial charge on any atom is -0.480 e. The molecule has 0 heterocycles. The smallest absolute Gasteiger partial charge is 0.329 e. The van der Waals surface area contributed by atoms with Crippen LogP contribution in [0.5, 0.6) is 0 Å². The van der Waals surface area contributed by atoms with E-state index in [4.69, 9.17) is 16.3 Å². The highest BCUT2D eigenvalue weighted by Gasteiger charge is 2.41.